The lowest BCUT2D eigenvalue weighted by Gasteiger charge is -2.52. The number of piperidine rings is 1. The third-order valence-electron chi connectivity index (χ3n) is 5.78. The van der Waals surface area contributed by atoms with Crippen molar-refractivity contribution in [2.75, 3.05) is 18.8 Å². The molecule has 2 fully saturated rings. The van der Waals surface area contributed by atoms with Crippen LogP contribution in [-0.4, -0.2) is 47.4 Å². The van der Waals surface area contributed by atoms with Gasteiger partial charge in [0, 0.05) is 25.6 Å². The van der Waals surface area contributed by atoms with Crippen LogP contribution in [0.3, 0.4) is 0 Å². The molecule has 26 heavy (non-hydrogen) atoms. The molecule has 1 atom stereocenters. The van der Waals surface area contributed by atoms with E-state index in [0.29, 0.717) is 11.8 Å². The fourth-order valence-electron chi connectivity index (χ4n) is 4.16. The second kappa shape index (κ2) is 8.41. The molecule has 0 aromatic heterocycles. The van der Waals surface area contributed by atoms with Gasteiger partial charge in [-0.1, -0.05) is 13.8 Å². The second-order valence-electron chi connectivity index (χ2n) is 9.54. The number of carbonyl (C=O) groups excluding carboxylic acids is 2. The van der Waals surface area contributed by atoms with Crippen LogP contribution < -0.4 is 5.32 Å². The molecule has 2 rings (SSSR count). The summed E-state index contributed by atoms with van der Waals surface area (Å²) in [5.41, 5.74) is -0.0686. The number of rotatable bonds is 5. The van der Waals surface area contributed by atoms with Crippen molar-refractivity contribution in [2.24, 2.45) is 17.3 Å². The molecule has 5 nitrogen and oxygen atoms in total. The highest BCUT2D eigenvalue weighted by atomic mass is 32.1. The first-order valence-corrected chi connectivity index (χ1v) is 10.5. The van der Waals surface area contributed by atoms with Gasteiger partial charge in [-0.3, -0.25) is 4.79 Å². The third-order valence-corrected chi connectivity index (χ3v) is 6.30. The summed E-state index contributed by atoms with van der Waals surface area (Å²) in [5, 5.41) is 2.88. The fraction of sp³-hybridized carbons (Fsp3) is 0.900. The summed E-state index contributed by atoms with van der Waals surface area (Å²) in [6.45, 7) is 11.2. The predicted octanol–water partition coefficient (Wildman–Crippen LogP) is 3.87. The number of hydrogen-bond donors (Lipinski definition) is 2. The topological polar surface area (TPSA) is 58.6 Å². The first-order valence-electron chi connectivity index (χ1n) is 9.92. The lowest BCUT2D eigenvalue weighted by atomic mass is 9.58. The van der Waals surface area contributed by atoms with Crippen molar-refractivity contribution < 1.29 is 14.3 Å². The van der Waals surface area contributed by atoms with Crippen molar-refractivity contribution >= 4 is 24.6 Å². The van der Waals surface area contributed by atoms with Crippen LogP contribution in [0.1, 0.15) is 66.7 Å². The Morgan fingerprint density at radius 2 is 1.81 bits per heavy atom. The average Bonchev–Trinajstić information content (AvgIpc) is 2.49. The summed E-state index contributed by atoms with van der Waals surface area (Å²) < 4.78 is 5.33. The van der Waals surface area contributed by atoms with E-state index in [9.17, 15) is 9.59 Å². The highest BCUT2D eigenvalue weighted by Crippen LogP contribution is 2.52. The minimum atomic E-state index is -0.537. The molecule has 2 amide bonds. The van der Waals surface area contributed by atoms with Crippen molar-refractivity contribution in [1.82, 2.24) is 10.2 Å². The Hall–Kier alpha value is -0.910. The van der Waals surface area contributed by atoms with Gasteiger partial charge in [-0.2, -0.15) is 12.6 Å². The lowest BCUT2D eigenvalue weighted by Crippen LogP contribution is -2.51. The minimum absolute atomic E-state index is 0.139. The van der Waals surface area contributed by atoms with E-state index in [2.05, 4.69) is 17.9 Å². The summed E-state index contributed by atoms with van der Waals surface area (Å²) in [7, 11) is 0. The molecule has 0 bridgehead atoms. The van der Waals surface area contributed by atoms with Gasteiger partial charge < -0.3 is 15.0 Å². The number of ether oxygens (including phenoxy) is 1. The second-order valence-corrected chi connectivity index (χ2v) is 9.90. The minimum Gasteiger partial charge on any atom is -0.444 e. The number of carbonyl (C=O) groups is 2. The number of likely N-dealkylation sites (tertiary alicyclic amines) is 1. The number of nitrogens with one attached hydrogen (secondary N) is 1. The van der Waals surface area contributed by atoms with Gasteiger partial charge in [0.1, 0.15) is 5.60 Å². The number of thiol groups is 1. The summed E-state index contributed by atoms with van der Waals surface area (Å²) in [5.74, 6) is 2.06. The number of alkyl carbamates (subject to hydrolysis) is 1. The normalized spacial score (nSPS) is 21.4. The zero-order chi connectivity index (χ0) is 19.5. The van der Waals surface area contributed by atoms with E-state index in [1.807, 2.05) is 39.5 Å². The number of amides is 2. The molecular formula is C20H36N2O3S. The molecule has 1 unspecified atom stereocenters. The van der Waals surface area contributed by atoms with Crippen molar-refractivity contribution in [3.05, 3.63) is 0 Å². The molecule has 0 aromatic carbocycles. The monoisotopic (exact) mass is 384 g/mol. The van der Waals surface area contributed by atoms with Crippen LogP contribution in [0.4, 0.5) is 4.79 Å². The highest BCUT2D eigenvalue weighted by Gasteiger charge is 2.45. The highest BCUT2D eigenvalue weighted by molar-refractivity contribution is 7.80. The Morgan fingerprint density at radius 3 is 2.27 bits per heavy atom. The van der Waals surface area contributed by atoms with Gasteiger partial charge in [0.15, 0.2) is 0 Å². The van der Waals surface area contributed by atoms with Crippen molar-refractivity contribution in [3.63, 3.8) is 0 Å². The van der Waals surface area contributed by atoms with E-state index in [4.69, 9.17) is 4.74 Å². The first-order chi connectivity index (χ1) is 12.0. The van der Waals surface area contributed by atoms with Crippen LogP contribution in [0.25, 0.3) is 0 Å². The zero-order valence-electron chi connectivity index (χ0n) is 17.0. The van der Waals surface area contributed by atoms with Crippen LogP contribution in [0, 0.1) is 17.3 Å². The van der Waals surface area contributed by atoms with E-state index >= 15 is 0 Å². The van der Waals surface area contributed by atoms with Crippen molar-refractivity contribution in [3.8, 4) is 0 Å². The van der Waals surface area contributed by atoms with Gasteiger partial charge in [0.2, 0.25) is 5.91 Å². The fourth-order valence-corrected chi connectivity index (χ4v) is 4.42. The van der Waals surface area contributed by atoms with Crippen molar-refractivity contribution in [1.29, 1.82) is 0 Å². The van der Waals surface area contributed by atoms with Crippen molar-refractivity contribution in [2.45, 2.75) is 78.4 Å². The summed E-state index contributed by atoms with van der Waals surface area (Å²) in [6.07, 6.45) is 4.64. The van der Waals surface area contributed by atoms with Crippen LogP contribution in [0.5, 0.6) is 0 Å². The Balaban J connectivity index is 1.82. The number of nitrogens with zero attached hydrogens (tertiary/aromatic N) is 1. The maximum atomic E-state index is 12.7. The Bertz CT molecular complexity index is 500. The van der Waals surface area contributed by atoms with Gasteiger partial charge >= 0.3 is 6.09 Å². The molecule has 1 aliphatic carbocycles. The molecule has 1 aliphatic heterocycles. The van der Waals surface area contributed by atoms with E-state index in [1.54, 1.807) is 0 Å². The zero-order valence-corrected chi connectivity index (χ0v) is 17.9. The van der Waals surface area contributed by atoms with Crippen LogP contribution in [-0.2, 0) is 9.53 Å². The quantitative estimate of drug-likeness (QED) is 0.707. The Kier molecular flexibility index (Phi) is 6.92. The van der Waals surface area contributed by atoms with Gasteiger partial charge in [0.05, 0.1) is 0 Å². The van der Waals surface area contributed by atoms with E-state index < -0.39 is 11.7 Å². The molecule has 1 heterocycles. The van der Waals surface area contributed by atoms with Gasteiger partial charge in [-0.05, 0) is 69.5 Å². The molecule has 1 saturated carbocycles. The Morgan fingerprint density at radius 1 is 1.23 bits per heavy atom. The van der Waals surface area contributed by atoms with Crippen LogP contribution >= 0.6 is 12.6 Å². The molecule has 1 spiro atoms. The SMILES string of the molecule is CC(C)C(CC(=O)N1CCC2(CC1)CC(CS)C2)NC(=O)OC(C)(C)C. The van der Waals surface area contributed by atoms with Crippen LogP contribution in [0.15, 0.2) is 0 Å². The summed E-state index contributed by atoms with van der Waals surface area (Å²) in [6, 6.07) is -0.203. The largest absolute Gasteiger partial charge is 0.444 e. The van der Waals surface area contributed by atoms with Gasteiger partial charge in [-0.15, -0.1) is 0 Å². The number of hydrogen-bond acceptors (Lipinski definition) is 4. The molecule has 6 heteroatoms. The maximum Gasteiger partial charge on any atom is 0.407 e. The average molecular weight is 385 g/mol. The maximum absolute atomic E-state index is 12.7. The Labute approximate surface area is 164 Å². The molecule has 150 valence electrons. The third kappa shape index (κ3) is 5.80. The molecular weight excluding hydrogens is 348 g/mol. The molecule has 1 saturated heterocycles. The molecule has 0 radical (unpaired) electrons. The lowest BCUT2D eigenvalue weighted by molar-refractivity contribution is -0.136. The van der Waals surface area contributed by atoms with E-state index in [1.165, 1.54) is 12.8 Å². The summed E-state index contributed by atoms with van der Waals surface area (Å²) >= 11 is 4.40. The molecule has 1 N–H and O–H groups in total. The van der Waals surface area contributed by atoms with Crippen LogP contribution in [0.2, 0.25) is 0 Å². The predicted molar refractivity (Wildman–Crippen MR) is 107 cm³/mol. The van der Waals surface area contributed by atoms with Gasteiger partial charge in [-0.25, -0.2) is 4.79 Å². The molecule has 0 aromatic rings. The first kappa shape index (κ1) is 21.4. The summed E-state index contributed by atoms with van der Waals surface area (Å²) in [4.78, 5) is 26.8. The van der Waals surface area contributed by atoms with E-state index in [-0.39, 0.29) is 17.9 Å². The van der Waals surface area contributed by atoms with E-state index in [0.717, 1.165) is 37.6 Å². The standard InChI is InChI=1S/C20H36N2O3S/c1-14(2)16(21-18(24)25-19(3,4)5)10-17(23)22-8-6-20(7-9-22)11-15(12-20)13-26/h14-16,26H,6-13H2,1-5H3,(H,21,24). The molecule has 2 aliphatic rings. The van der Waals surface area contributed by atoms with Gasteiger partial charge in [0.25, 0.3) is 0 Å². The smallest absolute Gasteiger partial charge is 0.407 e.